The van der Waals surface area contributed by atoms with Gasteiger partial charge in [0.1, 0.15) is 18.5 Å². The molecule has 1 aliphatic heterocycles. The summed E-state index contributed by atoms with van der Waals surface area (Å²) in [6, 6.07) is 2.50. The van der Waals surface area contributed by atoms with E-state index in [1.54, 1.807) is 18.2 Å². The minimum atomic E-state index is -1.11. The number of carbonyl (C=O) groups excluding carboxylic acids is 3. The number of aldehydes is 1. The lowest BCUT2D eigenvalue weighted by Crippen LogP contribution is -2.59. The van der Waals surface area contributed by atoms with Gasteiger partial charge in [-0.2, -0.15) is 0 Å². The van der Waals surface area contributed by atoms with Crippen LogP contribution in [0.25, 0.3) is 0 Å². The van der Waals surface area contributed by atoms with Crippen molar-refractivity contribution in [2.45, 2.75) is 128 Å². The highest BCUT2D eigenvalue weighted by atomic mass is 16.5. The first-order valence-electron chi connectivity index (χ1n) is 18.6. The molecule has 1 heterocycles. The molecule has 0 saturated heterocycles. The fourth-order valence-corrected chi connectivity index (χ4v) is 9.11. The molecule has 2 bridgehead atoms. The zero-order valence-electron chi connectivity index (χ0n) is 29.5. The molecule has 7 unspecified atom stereocenters. The van der Waals surface area contributed by atoms with E-state index in [-0.39, 0.29) is 24.5 Å². The number of nitrogens with one attached hydrogen (secondary N) is 1. The summed E-state index contributed by atoms with van der Waals surface area (Å²) in [7, 11) is 1.49. The van der Waals surface area contributed by atoms with Gasteiger partial charge in [0, 0.05) is 36.2 Å². The Balaban J connectivity index is 1.41. The van der Waals surface area contributed by atoms with Crippen molar-refractivity contribution < 1.29 is 34.1 Å². The molecule has 5 aliphatic rings. The van der Waals surface area contributed by atoms with Gasteiger partial charge in [-0.1, -0.05) is 72.1 Å². The number of hydrogen-bond acceptors (Lipinski definition) is 7. The van der Waals surface area contributed by atoms with Gasteiger partial charge in [-0.3, -0.25) is 14.4 Å². The van der Waals surface area contributed by atoms with Crippen LogP contribution in [0.2, 0.25) is 0 Å². The van der Waals surface area contributed by atoms with E-state index < -0.39 is 30.1 Å². The molecule has 3 saturated carbocycles. The van der Waals surface area contributed by atoms with Crippen LogP contribution >= 0.6 is 0 Å². The van der Waals surface area contributed by atoms with E-state index in [0.717, 1.165) is 44.3 Å². The Morgan fingerprint density at radius 1 is 1.08 bits per heavy atom. The van der Waals surface area contributed by atoms with Gasteiger partial charge >= 0.3 is 0 Å². The highest BCUT2D eigenvalue weighted by Crippen LogP contribution is 2.61. The number of rotatable bonds is 18. The van der Waals surface area contributed by atoms with E-state index in [2.05, 4.69) is 26.1 Å². The van der Waals surface area contributed by atoms with Crippen molar-refractivity contribution >= 4 is 18.1 Å². The summed E-state index contributed by atoms with van der Waals surface area (Å²) >= 11 is 0. The van der Waals surface area contributed by atoms with Gasteiger partial charge in [0.2, 0.25) is 11.8 Å². The summed E-state index contributed by atoms with van der Waals surface area (Å²) in [5, 5.41) is 24.4. The maximum absolute atomic E-state index is 14.2. The topological polar surface area (TPSA) is 125 Å². The molecule has 0 aromatic heterocycles. The van der Waals surface area contributed by atoms with Gasteiger partial charge in [-0.05, 0) is 67.1 Å². The predicted octanol–water partition coefficient (Wildman–Crippen LogP) is 5.95. The lowest BCUT2D eigenvalue weighted by Gasteiger charge is -2.61. The number of amides is 2. The van der Waals surface area contributed by atoms with Crippen LogP contribution in [0.4, 0.5) is 0 Å². The Bertz CT molecular complexity index is 1320. The van der Waals surface area contributed by atoms with Crippen LogP contribution in [-0.4, -0.2) is 78.3 Å². The van der Waals surface area contributed by atoms with E-state index in [9.17, 15) is 24.6 Å². The third-order valence-corrected chi connectivity index (χ3v) is 12.0. The Kier molecular flexibility index (Phi) is 12.3. The standard InChI is InChI=1S/C39H58N2O7/c1-5-6-7-8-9-10-11-12-13-14-33(44)41(23-26-15-16-27-21-30(26)39(27,2)3)31-22-29(38(46)40-17-18-42)34-28-19-25(24-43)20-32(47-4)36(28)48-37(34)35(31)45/h19-20,22,24,26-27,30-31,34-35,37,42,45H,5-18,21,23H2,1-4H3,(H,40,46). The second-order valence-corrected chi connectivity index (χ2v) is 15.2. The number of nitrogens with zero attached hydrogens (tertiary/aromatic N) is 1. The van der Waals surface area contributed by atoms with E-state index >= 15 is 0 Å². The third kappa shape index (κ3) is 7.47. The molecular weight excluding hydrogens is 608 g/mol. The van der Waals surface area contributed by atoms with Gasteiger partial charge in [-0.25, -0.2) is 0 Å². The molecule has 3 fully saturated rings. The lowest BCUT2D eigenvalue weighted by molar-refractivity contribution is -0.146. The number of ether oxygens (including phenoxy) is 2. The molecule has 0 spiro atoms. The monoisotopic (exact) mass is 666 g/mol. The van der Waals surface area contributed by atoms with Crippen LogP contribution in [0, 0.1) is 23.2 Å². The Labute approximate surface area is 286 Å². The normalized spacial score (nSPS) is 27.9. The first kappa shape index (κ1) is 36.4. The molecule has 9 nitrogen and oxygen atoms in total. The summed E-state index contributed by atoms with van der Waals surface area (Å²) < 4.78 is 12.0. The van der Waals surface area contributed by atoms with Crippen molar-refractivity contribution in [3.63, 3.8) is 0 Å². The van der Waals surface area contributed by atoms with Gasteiger partial charge in [-0.15, -0.1) is 0 Å². The minimum absolute atomic E-state index is 0.00222. The van der Waals surface area contributed by atoms with Crippen molar-refractivity contribution in [2.24, 2.45) is 23.2 Å². The third-order valence-electron chi connectivity index (χ3n) is 12.0. The number of aliphatic hydroxyl groups is 2. The maximum atomic E-state index is 14.2. The van der Waals surface area contributed by atoms with Crippen molar-refractivity contribution in [2.75, 3.05) is 26.8 Å². The Hall–Kier alpha value is -2.91. The molecule has 266 valence electrons. The zero-order valence-corrected chi connectivity index (χ0v) is 29.5. The molecule has 1 aromatic rings. The van der Waals surface area contributed by atoms with Crippen LogP contribution in [0.15, 0.2) is 23.8 Å². The van der Waals surface area contributed by atoms with E-state index in [1.165, 1.54) is 52.1 Å². The van der Waals surface area contributed by atoms with Crippen LogP contribution in [-0.2, 0) is 9.59 Å². The maximum Gasteiger partial charge on any atom is 0.247 e. The number of hydrogen-bond donors (Lipinski definition) is 3. The van der Waals surface area contributed by atoms with Gasteiger partial charge in [0.15, 0.2) is 11.5 Å². The van der Waals surface area contributed by atoms with Crippen LogP contribution in [0.1, 0.15) is 126 Å². The van der Waals surface area contributed by atoms with E-state index in [4.69, 9.17) is 9.47 Å². The second kappa shape index (κ2) is 16.2. The largest absolute Gasteiger partial charge is 0.493 e. The summed E-state index contributed by atoms with van der Waals surface area (Å²) in [5.74, 6) is 1.24. The van der Waals surface area contributed by atoms with E-state index in [0.29, 0.717) is 53.0 Å². The van der Waals surface area contributed by atoms with E-state index in [1.807, 2.05) is 4.90 Å². The molecule has 1 aromatic carbocycles. The number of benzene rings is 1. The molecule has 6 rings (SSSR count). The van der Waals surface area contributed by atoms with Crippen LogP contribution in [0.3, 0.4) is 0 Å². The molecule has 0 radical (unpaired) electrons. The Morgan fingerprint density at radius 2 is 1.79 bits per heavy atom. The number of aliphatic hydroxyl groups excluding tert-OH is 2. The summed E-state index contributed by atoms with van der Waals surface area (Å²) in [6.45, 7) is 7.30. The minimum Gasteiger partial charge on any atom is -0.493 e. The molecule has 9 heteroatoms. The predicted molar refractivity (Wildman–Crippen MR) is 185 cm³/mol. The van der Waals surface area contributed by atoms with Crippen molar-refractivity contribution in [1.29, 1.82) is 0 Å². The highest BCUT2D eigenvalue weighted by molar-refractivity contribution is 5.96. The lowest BCUT2D eigenvalue weighted by atomic mass is 9.45. The van der Waals surface area contributed by atoms with Crippen molar-refractivity contribution in [3.05, 3.63) is 34.9 Å². The van der Waals surface area contributed by atoms with Crippen molar-refractivity contribution in [3.8, 4) is 11.5 Å². The van der Waals surface area contributed by atoms with Crippen LogP contribution in [0.5, 0.6) is 11.5 Å². The quantitative estimate of drug-likeness (QED) is 0.131. The number of methoxy groups -OCH3 is 1. The first-order valence-corrected chi connectivity index (χ1v) is 18.6. The average Bonchev–Trinajstić information content (AvgIpc) is 3.48. The first-order chi connectivity index (χ1) is 23.2. The number of unbranched alkanes of at least 4 members (excludes halogenated alkanes) is 8. The summed E-state index contributed by atoms with van der Waals surface area (Å²) in [6.07, 6.45) is 14.7. The number of fused-ring (bicyclic) bond motifs is 5. The molecule has 7 atom stereocenters. The Morgan fingerprint density at radius 3 is 2.42 bits per heavy atom. The van der Waals surface area contributed by atoms with Crippen molar-refractivity contribution in [1.82, 2.24) is 10.2 Å². The zero-order chi connectivity index (χ0) is 34.4. The summed E-state index contributed by atoms with van der Waals surface area (Å²) in [4.78, 5) is 41.6. The van der Waals surface area contributed by atoms with Crippen LogP contribution < -0.4 is 14.8 Å². The van der Waals surface area contributed by atoms with Gasteiger partial charge in [0.05, 0.1) is 25.7 Å². The fraction of sp³-hybridized carbons (Fsp3) is 0.718. The summed E-state index contributed by atoms with van der Waals surface area (Å²) in [5.41, 5.74) is 1.56. The highest BCUT2D eigenvalue weighted by Gasteiger charge is 2.56. The second-order valence-electron chi connectivity index (χ2n) is 15.2. The average molecular weight is 667 g/mol. The van der Waals surface area contributed by atoms with Gasteiger partial charge < -0.3 is 29.9 Å². The fourth-order valence-electron chi connectivity index (χ4n) is 9.11. The molecule has 2 amide bonds. The number of carbonyl (C=O) groups is 3. The molecule has 3 N–H and O–H groups in total. The molecule has 4 aliphatic carbocycles. The molecular formula is C39H58N2O7. The van der Waals surface area contributed by atoms with Gasteiger partial charge in [0.25, 0.3) is 0 Å². The molecule has 48 heavy (non-hydrogen) atoms. The SMILES string of the molecule is CCCCCCCCCCCC(=O)N(CC1CCC2CC1C2(C)C)C1C=C(C(=O)NCCO)C2c3cc(C=O)cc(OC)c3OC2C1O. The smallest absolute Gasteiger partial charge is 0.247 e.